The molecular weight excluding hydrogens is 307 g/mol. The Bertz CT molecular complexity index is 597. The highest BCUT2D eigenvalue weighted by Gasteiger charge is 2.39. The zero-order valence-corrected chi connectivity index (χ0v) is 15.0. The van der Waals surface area contributed by atoms with Gasteiger partial charge in [0.15, 0.2) is 0 Å². The summed E-state index contributed by atoms with van der Waals surface area (Å²) in [6, 6.07) is 6.12. The van der Waals surface area contributed by atoms with Gasteiger partial charge in [-0.3, -0.25) is 9.59 Å². The number of nitrogens with one attached hydrogen (secondary N) is 1. The molecule has 0 atom stereocenters. The predicted molar refractivity (Wildman–Crippen MR) is 91.6 cm³/mol. The summed E-state index contributed by atoms with van der Waals surface area (Å²) in [5, 5.41) is 2.94. The van der Waals surface area contributed by atoms with E-state index in [1.165, 1.54) is 12.1 Å². The van der Waals surface area contributed by atoms with Crippen molar-refractivity contribution in [2.75, 3.05) is 13.1 Å². The maximum absolute atomic E-state index is 12.9. The number of piperidine rings is 1. The summed E-state index contributed by atoms with van der Waals surface area (Å²) in [6.07, 6.45) is 1.31. The minimum Gasteiger partial charge on any atom is -0.352 e. The van der Waals surface area contributed by atoms with Crippen molar-refractivity contribution in [1.29, 1.82) is 0 Å². The Balaban J connectivity index is 1.89. The zero-order chi connectivity index (χ0) is 18.0. The fourth-order valence-corrected chi connectivity index (χ4v) is 2.90. The molecule has 1 aromatic rings. The second-order valence-electron chi connectivity index (χ2n) is 7.91. The second kappa shape index (κ2) is 6.91. The van der Waals surface area contributed by atoms with Crippen LogP contribution in [-0.4, -0.2) is 29.8 Å². The number of carbonyl (C=O) groups excluding carboxylic acids is 2. The number of likely N-dealkylation sites (tertiary alicyclic amines) is 1. The molecule has 1 aliphatic heterocycles. The van der Waals surface area contributed by atoms with Gasteiger partial charge in [0, 0.05) is 30.5 Å². The fraction of sp³-hybridized carbons (Fsp3) is 0.579. The number of hydrogen-bond acceptors (Lipinski definition) is 2. The molecule has 0 aliphatic carbocycles. The van der Waals surface area contributed by atoms with Gasteiger partial charge < -0.3 is 10.2 Å². The van der Waals surface area contributed by atoms with Crippen LogP contribution in [0.25, 0.3) is 0 Å². The molecule has 1 saturated heterocycles. The first-order valence-electron chi connectivity index (χ1n) is 8.44. The number of rotatable bonds is 3. The molecule has 4 nitrogen and oxygen atoms in total. The quantitative estimate of drug-likeness (QED) is 0.923. The van der Waals surface area contributed by atoms with Gasteiger partial charge in [-0.2, -0.15) is 0 Å². The summed E-state index contributed by atoms with van der Waals surface area (Å²) in [5.74, 6) is -0.154. The van der Waals surface area contributed by atoms with Crippen LogP contribution < -0.4 is 5.32 Å². The lowest BCUT2D eigenvalue weighted by Crippen LogP contribution is -2.50. The highest BCUT2D eigenvalue weighted by Crippen LogP contribution is 2.33. The number of hydrogen-bond donors (Lipinski definition) is 1. The van der Waals surface area contributed by atoms with Crippen LogP contribution in [-0.2, 0) is 16.1 Å². The minimum absolute atomic E-state index is 0.00492. The lowest BCUT2D eigenvalue weighted by molar-refractivity contribution is -0.145. The molecule has 1 heterocycles. The van der Waals surface area contributed by atoms with Gasteiger partial charge in [-0.1, -0.05) is 39.8 Å². The van der Waals surface area contributed by atoms with E-state index in [0.29, 0.717) is 32.5 Å². The first-order chi connectivity index (χ1) is 11.1. The van der Waals surface area contributed by atoms with Crippen LogP contribution in [0.15, 0.2) is 24.3 Å². The second-order valence-corrected chi connectivity index (χ2v) is 7.91. The molecule has 0 unspecified atom stereocenters. The molecule has 5 heteroatoms. The lowest BCUT2D eigenvalue weighted by atomic mass is 9.78. The topological polar surface area (TPSA) is 49.4 Å². The Morgan fingerprint density at radius 2 is 1.71 bits per heavy atom. The summed E-state index contributed by atoms with van der Waals surface area (Å²) < 4.78 is 12.9. The van der Waals surface area contributed by atoms with E-state index >= 15 is 0 Å². The van der Waals surface area contributed by atoms with E-state index in [1.54, 1.807) is 12.1 Å². The van der Waals surface area contributed by atoms with Gasteiger partial charge in [0.2, 0.25) is 11.8 Å². The van der Waals surface area contributed by atoms with Crippen LogP contribution in [0.5, 0.6) is 0 Å². The van der Waals surface area contributed by atoms with E-state index in [0.717, 1.165) is 5.56 Å². The Labute approximate surface area is 143 Å². The van der Waals surface area contributed by atoms with Gasteiger partial charge in [-0.15, -0.1) is 0 Å². The smallest absolute Gasteiger partial charge is 0.227 e. The number of nitrogens with zero attached hydrogens (tertiary/aromatic N) is 1. The molecule has 1 aliphatic rings. The first-order valence-corrected chi connectivity index (χ1v) is 8.44. The molecule has 0 radical (unpaired) electrons. The molecule has 1 aromatic carbocycles. The largest absolute Gasteiger partial charge is 0.352 e. The van der Waals surface area contributed by atoms with Crippen molar-refractivity contribution in [2.45, 2.75) is 47.1 Å². The van der Waals surface area contributed by atoms with Gasteiger partial charge in [0.25, 0.3) is 0 Å². The molecule has 0 aromatic heterocycles. The van der Waals surface area contributed by atoms with Crippen LogP contribution in [0.3, 0.4) is 0 Å². The van der Waals surface area contributed by atoms with Gasteiger partial charge in [0.05, 0.1) is 0 Å². The van der Waals surface area contributed by atoms with E-state index in [4.69, 9.17) is 0 Å². The Kier molecular flexibility index (Phi) is 5.31. The molecule has 0 spiro atoms. The van der Waals surface area contributed by atoms with E-state index in [9.17, 15) is 14.0 Å². The average molecular weight is 334 g/mol. The molecule has 0 saturated carbocycles. The molecule has 2 rings (SSSR count). The molecule has 1 N–H and O–H groups in total. The minimum atomic E-state index is -0.464. The van der Waals surface area contributed by atoms with Gasteiger partial charge in [-0.05, 0) is 30.5 Å². The van der Waals surface area contributed by atoms with Crippen molar-refractivity contribution in [1.82, 2.24) is 10.2 Å². The van der Waals surface area contributed by atoms with Crippen LogP contribution in [0.2, 0.25) is 0 Å². The lowest BCUT2D eigenvalue weighted by Gasteiger charge is -2.40. The number of amides is 2. The summed E-state index contributed by atoms with van der Waals surface area (Å²) in [5.41, 5.74) is 0.0153. The third-order valence-electron chi connectivity index (χ3n) is 4.71. The van der Waals surface area contributed by atoms with Gasteiger partial charge in [0.1, 0.15) is 5.82 Å². The van der Waals surface area contributed by atoms with E-state index in [2.05, 4.69) is 5.32 Å². The fourth-order valence-electron chi connectivity index (χ4n) is 2.90. The van der Waals surface area contributed by atoms with Crippen molar-refractivity contribution in [3.05, 3.63) is 35.6 Å². The maximum Gasteiger partial charge on any atom is 0.227 e. The summed E-state index contributed by atoms with van der Waals surface area (Å²) in [7, 11) is 0. The van der Waals surface area contributed by atoms with Crippen molar-refractivity contribution in [3.8, 4) is 0 Å². The standard InChI is InChI=1S/C19H27FN2O2/c1-18(2,3)17(24)22-11-9-19(4,10-12-22)16(23)21-13-14-5-7-15(20)8-6-14/h5-8H,9-13H2,1-4H3,(H,21,23). The summed E-state index contributed by atoms with van der Waals surface area (Å²) >= 11 is 0. The molecular formula is C19H27FN2O2. The Morgan fingerprint density at radius 1 is 1.17 bits per heavy atom. The normalized spacial score (nSPS) is 17.5. The monoisotopic (exact) mass is 334 g/mol. The predicted octanol–water partition coefficient (Wildman–Crippen LogP) is 3.12. The summed E-state index contributed by atoms with van der Waals surface area (Å²) in [4.78, 5) is 26.7. The highest BCUT2D eigenvalue weighted by atomic mass is 19.1. The van der Waals surface area contributed by atoms with Crippen molar-refractivity contribution in [2.24, 2.45) is 10.8 Å². The van der Waals surface area contributed by atoms with Crippen LogP contribution in [0, 0.1) is 16.6 Å². The number of halogens is 1. The Morgan fingerprint density at radius 3 is 2.21 bits per heavy atom. The summed E-state index contributed by atoms with van der Waals surface area (Å²) in [6.45, 7) is 9.30. The van der Waals surface area contributed by atoms with Gasteiger partial charge in [-0.25, -0.2) is 4.39 Å². The molecule has 1 fully saturated rings. The van der Waals surface area contributed by atoms with E-state index in [1.807, 2.05) is 32.6 Å². The molecule has 0 bridgehead atoms. The van der Waals surface area contributed by atoms with E-state index < -0.39 is 10.8 Å². The zero-order valence-electron chi connectivity index (χ0n) is 15.0. The number of carbonyl (C=O) groups is 2. The van der Waals surface area contributed by atoms with Crippen molar-refractivity contribution in [3.63, 3.8) is 0 Å². The molecule has 24 heavy (non-hydrogen) atoms. The van der Waals surface area contributed by atoms with E-state index in [-0.39, 0.29) is 17.6 Å². The number of benzene rings is 1. The van der Waals surface area contributed by atoms with Crippen molar-refractivity contribution < 1.29 is 14.0 Å². The highest BCUT2D eigenvalue weighted by molar-refractivity contribution is 5.84. The first kappa shape index (κ1) is 18.4. The van der Waals surface area contributed by atoms with Crippen LogP contribution in [0.4, 0.5) is 4.39 Å². The third kappa shape index (κ3) is 4.34. The third-order valence-corrected chi connectivity index (χ3v) is 4.71. The maximum atomic E-state index is 12.9. The molecule has 132 valence electrons. The van der Waals surface area contributed by atoms with Gasteiger partial charge >= 0.3 is 0 Å². The van der Waals surface area contributed by atoms with Crippen LogP contribution in [0.1, 0.15) is 46.1 Å². The van der Waals surface area contributed by atoms with Crippen LogP contribution >= 0.6 is 0 Å². The Hall–Kier alpha value is -1.91. The van der Waals surface area contributed by atoms with Crippen molar-refractivity contribution >= 4 is 11.8 Å². The average Bonchev–Trinajstić information content (AvgIpc) is 2.53. The molecule has 2 amide bonds. The SMILES string of the molecule is CC(C)(C)C(=O)N1CCC(C)(C(=O)NCc2ccc(F)cc2)CC1.